The van der Waals surface area contributed by atoms with Gasteiger partial charge in [-0.1, -0.05) is 51.1 Å². The zero-order valence-corrected chi connectivity index (χ0v) is 16.0. The lowest BCUT2D eigenvalue weighted by Gasteiger charge is -2.22. The van der Waals surface area contributed by atoms with E-state index in [2.05, 4.69) is 26.1 Å². The van der Waals surface area contributed by atoms with E-state index in [1.807, 2.05) is 24.3 Å². The van der Waals surface area contributed by atoms with Crippen LogP contribution in [0.1, 0.15) is 31.9 Å². The molecule has 6 nitrogen and oxygen atoms in total. The molecule has 7 heteroatoms. The van der Waals surface area contributed by atoms with Gasteiger partial charge < -0.3 is 10.1 Å². The van der Waals surface area contributed by atoms with Crippen LogP contribution in [0.25, 0.3) is 0 Å². The van der Waals surface area contributed by atoms with Crippen molar-refractivity contribution in [1.29, 1.82) is 0 Å². The molecule has 2 aromatic rings. The first-order chi connectivity index (χ1) is 12.1. The standard InChI is InChI=1S/C19H24N2O4S/c1-19(2,3)16-6-4-5-7-17(16)25-13-18(22)21-12-14-8-10-15(11-9-14)26(20,23)24/h4-11H,12-13H2,1-3H3,(H,21,22)(H2,20,23,24). The second-order valence-electron chi connectivity index (χ2n) is 7.00. The fourth-order valence-electron chi connectivity index (χ4n) is 2.40. The molecule has 1 amide bonds. The summed E-state index contributed by atoms with van der Waals surface area (Å²) in [6.07, 6.45) is 0. The minimum atomic E-state index is -3.71. The van der Waals surface area contributed by atoms with Crippen molar-refractivity contribution in [2.45, 2.75) is 37.6 Å². The minimum Gasteiger partial charge on any atom is -0.483 e. The second kappa shape index (κ2) is 7.88. The van der Waals surface area contributed by atoms with Crippen molar-refractivity contribution in [1.82, 2.24) is 5.32 Å². The molecule has 0 unspecified atom stereocenters. The van der Waals surface area contributed by atoms with Crippen LogP contribution >= 0.6 is 0 Å². The molecule has 3 N–H and O–H groups in total. The molecule has 0 bridgehead atoms. The quantitative estimate of drug-likeness (QED) is 0.808. The summed E-state index contributed by atoms with van der Waals surface area (Å²) < 4.78 is 28.1. The van der Waals surface area contributed by atoms with Crippen molar-refractivity contribution in [3.8, 4) is 5.75 Å². The number of hydrogen-bond donors (Lipinski definition) is 2. The van der Waals surface area contributed by atoms with E-state index in [9.17, 15) is 13.2 Å². The summed E-state index contributed by atoms with van der Waals surface area (Å²) in [7, 11) is -3.71. The smallest absolute Gasteiger partial charge is 0.258 e. The number of hydrogen-bond acceptors (Lipinski definition) is 4. The van der Waals surface area contributed by atoms with Crippen molar-refractivity contribution in [2.24, 2.45) is 5.14 Å². The van der Waals surface area contributed by atoms with Crippen molar-refractivity contribution >= 4 is 15.9 Å². The molecule has 140 valence electrons. The van der Waals surface area contributed by atoms with E-state index in [4.69, 9.17) is 9.88 Å². The summed E-state index contributed by atoms with van der Waals surface area (Å²) in [5, 5.41) is 7.79. The van der Waals surface area contributed by atoms with Crippen molar-refractivity contribution in [3.05, 3.63) is 59.7 Å². The maximum atomic E-state index is 12.0. The Hall–Kier alpha value is -2.38. The largest absolute Gasteiger partial charge is 0.483 e. The number of ether oxygens (including phenoxy) is 1. The maximum Gasteiger partial charge on any atom is 0.258 e. The Morgan fingerprint density at radius 3 is 2.27 bits per heavy atom. The number of amides is 1. The normalized spacial score (nSPS) is 11.8. The first kappa shape index (κ1) is 19.9. The number of benzene rings is 2. The third-order valence-electron chi connectivity index (χ3n) is 3.80. The van der Waals surface area contributed by atoms with Crippen LogP contribution in [0.5, 0.6) is 5.75 Å². The van der Waals surface area contributed by atoms with E-state index in [1.165, 1.54) is 12.1 Å². The Labute approximate surface area is 154 Å². The molecule has 2 rings (SSSR count). The number of carbonyl (C=O) groups is 1. The second-order valence-corrected chi connectivity index (χ2v) is 8.56. The fourth-order valence-corrected chi connectivity index (χ4v) is 2.92. The number of nitrogens with two attached hydrogens (primary N) is 1. The average molecular weight is 376 g/mol. The van der Waals surface area contributed by atoms with E-state index in [0.717, 1.165) is 11.1 Å². The van der Waals surface area contributed by atoms with Crippen molar-refractivity contribution in [2.75, 3.05) is 6.61 Å². The van der Waals surface area contributed by atoms with E-state index < -0.39 is 10.0 Å². The van der Waals surface area contributed by atoms with Crippen LogP contribution < -0.4 is 15.2 Å². The Kier molecular flexibility index (Phi) is 6.05. The highest BCUT2D eigenvalue weighted by molar-refractivity contribution is 7.89. The molecular formula is C19H24N2O4S. The van der Waals surface area contributed by atoms with Crippen LogP contribution in [0.15, 0.2) is 53.4 Å². The SMILES string of the molecule is CC(C)(C)c1ccccc1OCC(=O)NCc1ccc(S(N)(=O)=O)cc1. The van der Waals surface area contributed by atoms with Gasteiger partial charge in [0.1, 0.15) is 5.75 Å². The Bertz CT molecular complexity index is 869. The zero-order valence-electron chi connectivity index (χ0n) is 15.2. The van der Waals surface area contributed by atoms with Gasteiger partial charge in [-0.05, 0) is 34.7 Å². The molecule has 0 saturated heterocycles. The number of sulfonamides is 1. The maximum absolute atomic E-state index is 12.0. The topological polar surface area (TPSA) is 98.5 Å². The average Bonchev–Trinajstić information content (AvgIpc) is 2.57. The van der Waals surface area contributed by atoms with E-state index in [1.54, 1.807) is 12.1 Å². The van der Waals surface area contributed by atoms with Gasteiger partial charge in [-0.25, -0.2) is 13.6 Å². The van der Waals surface area contributed by atoms with Gasteiger partial charge in [-0.2, -0.15) is 0 Å². The lowest BCUT2D eigenvalue weighted by Crippen LogP contribution is -2.29. The van der Waals surface area contributed by atoms with Gasteiger partial charge in [0.2, 0.25) is 10.0 Å². The van der Waals surface area contributed by atoms with Gasteiger partial charge in [-0.3, -0.25) is 4.79 Å². The van der Waals surface area contributed by atoms with Gasteiger partial charge in [0.25, 0.3) is 5.91 Å². The number of para-hydroxylation sites is 1. The molecule has 0 saturated carbocycles. The molecule has 0 aromatic heterocycles. The molecule has 0 spiro atoms. The minimum absolute atomic E-state index is 0.0368. The van der Waals surface area contributed by atoms with Crippen LogP contribution in [-0.4, -0.2) is 20.9 Å². The van der Waals surface area contributed by atoms with Gasteiger partial charge >= 0.3 is 0 Å². The third-order valence-corrected chi connectivity index (χ3v) is 4.72. The molecular weight excluding hydrogens is 352 g/mol. The summed E-state index contributed by atoms with van der Waals surface area (Å²) in [4.78, 5) is 12.1. The first-order valence-corrected chi connectivity index (χ1v) is 9.73. The molecule has 0 heterocycles. The van der Waals surface area contributed by atoms with Gasteiger partial charge in [0.05, 0.1) is 4.90 Å². The van der Waals surface area contributed by atoms with Crippen LogP contribution in [0.3, 0.4) is 0 Å². The highest BCUT2D eigenvalue weighted by atomic mass is 32.2. The van der Waals surface area contributed by atoms with Gasteiger partial charge in [0.15, 0.2) is 6.61 Å². The van der Waals surface area contributed by atoms with Crippen LogP contribution in [-0.2, 0) is 26.8 Å². The predicted octanol–water partition coefficient (Wildman–Crippen LogP) is 2.33. The highest BCUT2D eigenvalue weighted by Gasteiger charge is 2.18. The summed E-state index contributed by atoms with van der Waals surface area (Å²) in [6, 6.07) is 13.7. The molecule has 26 heavy (non-hydrogen) atoms. The summed E-state index contributed by atoms with van der Waals surface area (Å²) in [5.41, 5.74) is 1.71. The molecule has 0 radical (unpaired) electrons. The monoisotopic (exact) mass is 376 g/mol. The van der Waals surface area contributed by atoms with Crippen LogP contribution in [0.4, 0.5) is 0 Å². The lowest BCUT2D eigenvalue weighted by molar-refractivity contribution is -0.123. The van der Waals surface area contributed by atoms with E-state index in [0.29, 0.717) is 5.75 Å². The molecule has 0 aliphatic carbocycles. The zero-order chi connectivity index (χ0) is 19.4. The van der Waals surface area contributed by atoms with Gasteiger partial charge in [0, 0.05) is 6.54 Å². The highest BCUT2D eigenvalue weighted by Crippen LogP contribution is 2.30. The van der Waals surface area contributed by atoms with Crippen molar-refractivity contribution < 1.29 is 17.9 Å². The molecule has 0 aliphatic rings. The van der Waals surface area contributed by atoms with Crippen molar-refractivity contribution in [3.63, 3.8) is 0 Å². The molecule has 0 fully saturated rings. The lowest BCUT2D eigenvalue weighted by atomic mass is 9.86. The van der Waals surface area contributed by atoms with E-state index in [-0.39, 0.29) is 29.4 Å². The fraction of sp³-hybridized carbons (Fsp3) is 0.316. The number of rotatable bonds is 6. The number of nitrogens with one attached hydrogen (secondary N) is 1. The van der Waals surface area contributed by atoms with E-state index >= 15 is 0 Å². The predicted molar refractivity (Wildman–Crippen MR) is 100 cm³/mol. The molecule has 0 aliphatic heterocycles. The number of primary sulfonamides is 1. The van der Waals surface area contributed by atoms with Gasteiger partial charge in [-0.15, -0.1) is 0 Å². The first-order valence-electron chi connectivity index (χ1n) is 8.18. The third kappa shape index (κ3) is 5.57. The van der Waals surface area contributed by atoms with Crippen LogP contribution in [0, 0.1) is 0 Å². The molecule has 0 atom stereocenters. The summed E-state index contributed by atoms with van der Waals surface area (Å²) in [6.45, 7) is 6.43. The molecule has 2 aromatic carbocycles. The number of carbonyl (C=O) groups excluding carboxylic acids is 1. The summed E-state index contributed by atoms with van der Waals surface area (Å²) >= 11 is 0. The Morgan fingerprint density at radius 1 is 1.08 bits per heavy atom. The summed E-state index contributed by atoms with van der Waals surface area (Å²) in [5.74, 6) is 0.428. The van der Waals surface area contributed by atoms with Crippen LogP contribution in [0.2, 0.25) is 0 Å². The Balaban J connectivity index is 1.90. The Morgan fingerprint density at radius 2 is 1.69 bits per heavy atom.